The second-order valence-electron chi connectivity index (χ2n) is 3.88. The van der Waals surface area contributed by atoms with Crippen LogP contribution < -0.4 is 11.5 Å². The van der Waals surface area contributed by atoms with Gasteiger partial charge in [-0.1, -0.05) is 0 Å². The van der Waals surface area contributed by atoms with Crippen molar-refractivity contribution in [1.82, 2.24) is 9.97 Å². The Kier molecular flexibility index (Phi) is 3.57. The van der Waals surface area contributed by atoms with Crippen LogP contribution in [0.3, 0.4) is 0 Å². The summed E-state index contributed by atoms with van der Waals surface area (Å²) in [6, 6.07) is 6.49. The average Bonchev–Trinajstić information content (AvgIpc) is 2.26. The number of rotatable bonds is 3. The number of aromatic carboxylic acids is 1. The van der Waals surface area contributed by atoms with Gasteiger partial charge in [-0.05, 0) is 42.4 Å². The van der Waals surface area contributed by atoms with Crippen LogP contribution in [0.15, 0.2) is 34.3 Å². The summed E-state index contributed by atoms with van der Waals surface area (Å²) in [5.41, 5.74) is 12.1. The van der Waals surface area contributed by atoms with Gasteiger partial charge in [0, 0.05) is 11.0 Å². The summed E-state index contributed by atoms with van der Waals surface area (Å²) < 4.78 is 0. The van der Waals surface area contributed by atoms with Crippen molar-refractivity contribution in [2.45, 2.75) is 17.0 Å². The molecule has 0 aliphatic rings. The second kappa shape index (κ2) is 5.15. The summed E-state index contributed by atoms with van der Waals surface area (Å²) in [7, 11) is 0. The Morgan fingerprint density at radius 3 is 2.37 bits per heavy atom. The van der Waals surface area contributed by atoms with E-state index in [1.165, 1.54) is 17.8 Å². The lowest BCUT2D eigenvalue weighted by Crippen LogP contribution is -2.00. The standard InChI is InChI=1S/C12H12N4O2S/c1-6-4-7(2-3-8(6)11(17)18)19-12-15-9(13)5-10(14)16-12/h2-5H,1H3,(H,17,18)(H4,13,14,15,16). The number of carbonyl (C=O) groups is 1. The lowest BCUT2D eigenvalue weighted by Gasteiger charge is -2.05. The van der Waals surface area contributed by atoms with E-state index in [1.807, 2.05) is 0 Å². The van der Waals surface area contributed by atoms with Crippen molar-refractivity contribution < 1.29 is 9.90 Å². The van der Waals surface area contributed by atoms with E-state index in [0.29, 0.717) is 22.4 Å². The largest absolute Gasteiger partial charge is 0.478 e. The highest BCUT2D eigenvalue weighted by Crippen LogP contribution is 2.27. The minimum Gasteiger partial charge on any atom is -0.478 e. The van der Waals surface area contributed by atoms with Gasteiger partial charge in [-0.3, -0.25) is 0 Å². The van der Waals surface area contributed by atoms with Crippen molar-refractivity contribution in [2.24, 2.45) is 0 Å². The number of aromatic nitrogens is 2. The summed E-state index contributed by atoms with van der Waals surface area (Å²) in [5, 5.41) is 9.39. The highest BCUT2D eigenvalue weighted by atomic mass is 32.2. The van der Waals surface area contributed by atoms with Crippen molar-refractivity contribution >= 4 is 29.4 Å². The van der Waals surface area contributed by atoms with Crippen molar-refractivity contribution in [2.75, 3.05) is 11.5 Å². The van der Waals surface area contributed by atoms with Crippen LogP contribution in [0.25, 0.3) is 0 Å². The van der Waals surface area contributed by atoms with Crippen molar-refractivity contribution in [3.05, 3.63) is 35.4 Å². The number of hydrogen-bond donors (Lipinski definition) is 3. The topological polar surface area (TPSA) is 115 Å². The number of nitrogen functional groups attached to an aromatic ring is 2. The molecule has 0 spiro atoms. The van der Waals surface area contributed by atoms with Crippen LogP contribution in [0.1, 0.15) is 15.9 Å². The third kappa shape index (κ3) is 3.14. The number of carboxylic acids is 1. The normalized spacial score (nSPS) is 10.4. The van der Waals surface area contributed by atoms with E-state index in [4.69, 9.17) is 16.6 Å². The molecular weight excluding hydrogens is 264 g/mol. The monoisotopic (exact) mass is 276 g/mol. The summed E-state index contributed by atoms with van der Waals surface area (Å²) in [4.78, 5) is 19.8. The summed E-state index contributed by atoms with van der Waals surface area (Å²) in [5.74, 6) is -0.346. The fourth-order valence-electron chi connectivity index (χ4n) is 1.55. The van der Waals surface area contributed by atoms with Crippen LogP contribution >= 0.6 is 11.8 Å². The van der Waals surface area contributed by atoms with E-state index < -0.39 is 5.97 Å². The highest BCUT2D eigenvalue weighted by molar-refractivity contribution is 7.99. The van der Waals surface area contributed by atoms with Gasteiger partial charge < -0.3 is 16.6 Å². The number of hydrogen-bond acceptors (Lipinski definition) is 6. The second-order valence-corrected chi connectivity index (χ2v) is 4.92. The molecule has 19 heavy (non-hydrogen) atoms. The molecule has 0 fully saturated rings. The van der Waals surface area contributed by atoms with Gasteiger partial charge in [0.2, 0.25) is 0 Å². The van der Waals surface area contributed by atoms with Gasteiger partial charge in [-0.2, -0.15) is 0 Å². The molecule has 0 saturated heterocycles. The van der Waals surface area contributed by atoms with E-state index in [9.17, 15) is 4.79 Å². The van der Waals surface area contributed by atoms with Gasteiger partial charge >= 0.3 is 5.97 Å². The zero-order valence-corrected chi connectivity index (χ0v) is 10.9. The van der Waals surface area contributed by atoms with E-state index >= 15 is 0 Å². The van der Waals surface area contributed by atoms with Crippen molar-refractivity contribution in [3.8, 4) is 0 Å². The lowest BCUT2D eigenvalue weighted by molar-refractivity contribution is 0.0696. The maximum Gasteiger partial charge on any atom is 0.335 e. The van der Waals surface area contributed by atoms with Gasteiger partial charge in [0.1, 0.15) is 11.6 Å². The third-order valence-electron chi connectivity index (χ3n) is 2.38. The van der Waals surface area contributed by atoms with Crippen LogP contribution in [0.5, 0.6) is 0 Å². The molecule has 1 aromatic heterocycles. The molecule has 98 valence electrons. The quantitative estimate of drug-likeness (QED) is 0.732. The molecule has 6 nitrogen and oxygen atoms in total. The molecule has 0 aliphatic heterocycles. The van der Waals surface area contributed by atoms with E-state index in [2.05, 4.69) is 9.97 Å². The number of carboxylic acid groups (broad SMARTS) is 1. The first-order chi connectivity index (χ1) is 8.95. The Labute approximate surface area is 113 Å². The molecule has 7 heteroatoms. The summed E-state index contributed by atoms with van der Waals surface area (Å²) in [6.45, 7) is 1.74. The van der Waals surface area contributed by atoms with Gasteiger partial charge in [0.25, 0.3) is 0 Å². The van der Waals surface area contributed by atoms with Gasteiger partial charge in [0.05, 0.1) is 5.56 Å². The molecule has 1 aromatic carbocycles. The Morgan fingerprint density at radius 1 is 1.21 bits per heavy atom. The van der Waals surface area contributed by atoms with Crippen LogP contribution in [-0.2, 0) is 0 Å². The Morgan fingerprint density at radius 2 is 1.84 bits per heavy atom. The minimum atomic E-state index is -0.946. The summed E-state index contributed by atoms with van der Waals surface area (Å²) >= 11 is 1.28. The Balaban J connectivity index is 2.28. The average molecular weight is 276 g/mol. The van der Waals surface area contributed by atoms with Gasteiger partial charge in [-0.25, -0.2) is 14.8 Å². The number of aryl methyl sites for hydroxylation is 1. The highest BCUT2D eigenvalue weighted by Gasteiger charge is 2.09. The predicted molar refractivity (Wildman–Crippen MR) is 73.1 cm³/mol. The Bertz CT molecular complexity index is 625. The zero-order chi connectivity index (χ0) is 14.0. The summed E-state index contributed by atoms with van der Waals surface area (Å²) in [6.07, 6.45) is 0. The van der Waals surface area contributed by atoms with E-state index in [-0.39, 0.29) is 5.56 Å². The van der Waals surface area contributed by atoms with Crippen LogP contribution in [0.4, 0.5) is 11.6 Å². The molecule has 2 rings (SSSR count). The Hall–Kier alpha value is -2.28. The molecule has 1 heterocycles. The smallest absolute Gasteiger partial charge is 0.335 e. The maximum absolute atomic E-state index is 10.9. The molecule has 0 unspecified atom stereocenters. The van der Waals surface area contributed by atoms with E-state index in [1.54, 1.807) is 25.1 Å². The number of anilines is 2. The number of benzene rings is 1. The molecular formula is C12H12N4O2S. The van der Waals surface area contributed by atoms with Crippen molar-refractivity contribution in [3.63, 3.8) is 0 Å². The number of nitrogens with two attached hydrogens (primary N) is 2. The van der Waals surface area contributed by atoms with Crippen LogP contribution in [0.2, 0.25) is 0 Å². The van der Waals surface area contributed by atoms with Crippen molar-refractivity contribution in [1.29, 1.82) is 0 Å². The first-order valence-corrected chi connectivity index (χ1v) is 6.19. The third-order valence-corrected chi connectivity index (χ3v) is 3.24. The molecule has 2 aromatic rings. The molecule has 0 saturated carbocycles. The predicted octanol–water partition coefficient (Wildman–Crippen LogP) is 1.80. The van der Waals surface area contributed by atoms with Crippen LogP contribution in [0, 0.1) is 6.92 Å². The first kappa shape index (κ1) is 13.2. The fraction of sp³-hybridized carbons (Fsp3) is 0.0833. The molecule has 0 atom stereocenters. The van der Waals surface area contributed by atoms with Gasteiger partial charge in [-0.15, -0.1) is 0 Å². The fourth-order valence-corrected chi connectivity index (χ4v) is 2.44. The lowest BCUT2D eigenvalue weighted by atomic mass is 10.1. The number of nitrogens with zero attached hydrogens (tertiary/aromatic N) is 2. The van der Waals surface area contributed by atoms with E-state index in [0.717, 1.165) is 4.90 Å². The minimum absolute atomic E-state index is 0.275. The molecule has 0 amide bonds. The van der Waals surface area contributed by atoms with Gasteiger partial charge in [0.15, 0.2) is 5.16 Å². The maximum atomic E-state index is 10.9. The molecule has 0 bridgehead atoms. The molecule has 0 aliphatic carbocycles. The SMILES string of the molecule is Cc1cc(Sc2nc(N)cc(N)n2)ccc1C(=O)O. The first-order valence-electron chi connectivity index (χ1n) is 5.37. The zero-order valence-electron chi connectivity index (χ0n) is 10.1. The molecule has 0 radical (unpaired) electrons. The van der Waals surface area contributed by atoms with Crippen LogP contribution in [-0.4, -0.2) is 21.0 Å². The molecule has 5 N–H and O–H groups in total.